The van der Waals surface area contributed by atoms with Gasteiger partial charge in [0.25, 0.3) is 5.69 Å². The molecule has 134 valence electrons. The monoisotopic (exact) mass is 374 g/mol. The summed E-state index contributed by atoms with van der Waals surface area (Å²) in [5.41, 5.74) is 0.600. The molecule has 0 aliphatic carbocycles. The standard InChI is InChI=1S/C16H15ClN6O3/c1-9(2)13(20-15-12(17)7-11(8-19-15)23(24)25)16-21-14(22-26-16)10-3-5-18-6-4-10/h3-9,13H,1-2H3,(H,19,20). The zero-order valence-electron chi connectivity index (χ0n) is 14.0. The van der Waals surface area contributed by atoms with E-state index in [-0.39, 0.29) is 22.7 Å². The molecule has 3 rings (SSSR count). The van der Waals surface area contributed by atoms with Gasteiger partial charge in [-0.3, -0.25) is 15.1 Å². The first-order valence-electron chi connectivity index (χ1n) is 7.76. The first-order chi connectivity index (χ1) is 12.5. The normalized spacial score (nSPS) is 12.2. The Morgan fingerprint density at radius 1 is 1.31 bits per heavy atom. The maximum absolute atomic E-state index is 10.8. The van der Waals surface area contributed by atoms with Gasteiger partial charge in [0.1, 0.15) is 18.1 Å². The van der Waals surface area contributed by atoms with Crippen molar-refractivity contribution in [1.82, 2.24) is 20.1 Å². The second-order valence-electron chi connectivity index (χ2n) is 5.84. The van der Waals surface area contributed by atoms with Gasteiger partial charge in [0.05, 0.1) is 9.95 Å². The first kappa shape index (κ1) is 17.7. The topological polar surface area (TPSA) is 120 Å². The number of nitrogens with zero attached hydrogens (tertiary/aromatic N) is 5. The van der Waals surface area contributed by atoms with Crippen LogP contribution in [0.3, 0.4) is 0 Å². The number of anilines is 1. The molecule has 0 saturated carbocycles. The molecule has 26 heavy (non-hydrogen) atoms. The summed E-state index contributed by atoms with van der Waals surface area (Å²) < 4.78 is 5.39. The Bertz CT molecular complexity index is 915. The van der Waals surface area contributed by atoms with Crippen molar-refractivity contribution < 1.29 is 9.45 Å². The molecule has 1 unspecified atom stereocenters. The van der Waals surface area contributed by atoms with Crippen molar-refractivity contribution in [2.45, 2.75) is 19.9 Å². The van der Waals surface area contributed by atoms with E-state index in [0.717, 1.165) is 11.8 Å². The minimum Gasteiger partial charge on any atom is -0.357 e. The molecule has 9 nitrogen and oxygen atoms in total. The number of hydrogen-bond donors (Lipinski definition) is 1. The zero-order chi connectivity index (χ0) is 18.7. The molecule has 1 N–H and O–H groups in total. The molecule has 0 spiro atoms. The van der Waals surface area contributed by atoms with Gasteiger partial charge in [-0.15, -0.1) is 0 Å². The highest BCUT2D eigenvalue weighted by Crippen LogP contribution is 2.31. The Morgan fingerprint density at radius 3 is 2.65 bits per heavy atom. The molecule has 0 aliphatic rings. The van der Waals surface area contributed by atoms with Crippen LogP contribution in [0.2, 0.25) is 5.02 Å². The predicted molar refractivity (Wildman–Crippen MR) is 94.6 cm³/mol. The third-order valence-corrected chi connectivity index (χ3v) is 3.93. The number of aromatic nitrogens is 4. The number of rotatable bonds is 6. The highest BCUT2D eigenvalue weighted by atomic mass is 35.5. The van der Waals surface area contributed by atoms with E-state index >= 15 is 0 Å². The van der Waals surface area contributed by atoms with E-state index in [1.807, 2.05) is 13.8 Å². The summed E-state index contributed by atoms with van der Waals surface area (Å²) in [7, 11) is 0. The van der Waals surface area contributed by atoms with Crippen LogP contribution in [0.25, 0.3) is 11.4 Å². The van der Waals surface area contributed by atoms with E-state index in [4.69, 9.17) is 16.1 Å². The number of pyridine rings is 2. The van der Waals surface area contributed by atoms with Crippen LogP contribution in [0.1, 0.15) is 25.8 Å². The van der Waals surface area contributed by atoms with Crippen LogP contribution in [0.15, 0.2) is 41.3 Å². The quantitative estimate of drug-likeness (QED) is 0.509. The number of halogens is 1. The molecule has 0 bridgehead atoms. The second-order valence-corrected chi connectivity index (χ2v) is 6.25. The first-order valence-corrected chi connectivity index (χ1v) is 8.14. The fourth-order valence-corrected chi connectivity index (χ4v) is 2.49. The summed E-state index contributed by atoms with van der Waals surface area (Å²) in [5, 5.41) is 18.1. The highest BCUT2D eigenvalue weighted by Gasteiger charge is 2.25. The maximum atomic E-state index is 10.8. The van der Waals surface area contributed by atoms with Gasteiger partial charge < -0.3 is 9.84 Å². The van der Waals surface area contributed by atoms with E-state index in [1.165, 1.54) is 6.07 Å². The molecule has 1 atom stereocenters. The van der Waals surface area contributed by atoms with Crippen molar-refractivity contribution in [2.75, 3.05) is 5.32 Å². The minimum absolute atomic E-state index is 0.0637. The van der Waals surface area contributed by atoms with Crippen molar-refractivity contribution in [3.05, 3.63) is 57.8 Å². The lowest BCUT2D eigenvalue weighted by molar-refractivity contribution is -0.385. The summed E-state index contributed by atoms with van der Waals surface area (Å²) in [6.45, 7) is 3.93. The third-order valence-electron chi connectivity index (χ3n) is 3.64. The molecule has 3 aromatic heterocycles. The van der Waals surface area contributed by atoms with Crippen LogP contribution in [0.4, 0.5) is 11.5 Å². The van der Waals surface area contributed by atoms with Crippen molar-refractivity contribution >= 4 is 23.1 Å². The molecule has 0 aliphatic heterocycles. The summed E-state index contributed by atoms with van der Waals surface area (Å²) in [6.07, 6.45) is 4.43. The van der Waals surface area contributed by atoms with Gasteiger partial charge >= 0.3 is 0 Å². The summed E-state index contributed by atoms with van der Waals surface area (Å²) in [5.74, 6) is 1.18. The summed E-state index contributed by atoms with van der Waals surface area (Å²) >= 11 is 6.11. The summed E-state index contributed by atoms with van der Waals surface area (Å²) in [6, 6.07) is 4.43. The smallest absolute Gasteiger partial charge is 0.289 e. The number of nitrogens with one attached hydrogen (secondary N) is 1. The molecule has 0 fully saturated rings. The third kappa shape index (κ3) is 3.77. The van der Waals surface area contributed by atoms with Crippen LogP contribution in [-0.4, -0.2) is 25.0 Å². The Hall–Kier alpha value is -3.07. The average Bonchev–Trinajstić information content (AvgIpc) is 3.10. The Balaban J connectivity index is 1.87. The van der Waals surface area contributed by atoms with Gasteiger partial charge in [-0.1, -0.05) is 30.6 Å². The van der Waals surface area contributed by atoms with Crippen LogP contribution >= 0.6 is 11.6 Å². The Morgan fingerprint density at radius 2 is 2.04 bits per heavy atom. The molecule has 0 radical (unpaired) electrons. The number of hydrogen-bond acceptors (Lipinski definition) is 8. The molecule has 3 heterocycles. The van der Waals surface area contributed by atoms with E-state index in [0.29, 0.717) is 17.5 Å². The van der Waals surface area contributed by atoms with Crippen molar-refractivity contribution in [3.63, 3.8) is 0 Å². The van der Waals surface area contributed by atoms with Crippen LogP contribution < -0.4 is 5.32 Å². The SMILES string of the molecule is CC(C)C(Nc1ncc([N+](=O)[O-])cc1Cl)c1nc(-c2ccncc2)no1. The van der Waals surface area contributed by atoms with Crippen molar-refractivity contribution in [2.24, 2.45) is 5.92 Å². The molecular weight excluding hydrogens is 360 g/mol. The fourth-order valence-electron chi connectivity index (χ4n) is 2.27. The van der Waals surface area contributed by atoms with Gasteiger partial charge in [-0.25, -0.2) is 4.98 Å². The van der Waals surface area contributed by atoms with E-state index in [1.54, 1.807) is 24.5 Å². The Labute approximate surface area is 153 Å². The molecule has 3 aromatic rings. The molecule has 0 amide bonds. The Kier molecular flexibility index (Phi) is 5.08. The molecule has 10 heteroatoms. The second kappa shape index (κ2) is 7.44. The van der Waals surface area contributed by atoms with Crippen LogP contribution in [0.5, 0.6) is 0 Å². The lowest BCUT2D eigenvalue weighted by atomic mass is 10.0. The molecule has 0 aromatic carbocycles. The summed E-state index contributed by atoms with van der Waals surface area (Å²) in [4.78, 5) is 22.7. The minimum atomic E-state index is -0.554. The maximum Gasteiger partial charge on any atom is 0.289 e. The van der Waals surface area contributed by atoms with Crippen LogP contribution in [0, 0.1) is 16.0 Å². The largest absolute Gasteiger partial charge is 0.357 e. The van der Waals surface area contributed by atoms with Gasteiger partial charge in [0, 0.05) is 24.0 Å². The van der Waals surface area contributed by atoms with Crippen LogP contribution in [-0.2, 0) is 0 Å². The fraction of sp³-hybridized carbons (Fsp3) is 0.250. The average molecular weight is 375 g/mol. The predicted octanol–water partition coefficient (Wildman–Crippen LogP) is 3.90. The molecule has 0 saturated heterocycles. The van der Waals surface area contributed by atoms with E-state index in [2.05, 4.69) is 25.4 Å². The van der Waals surface area contributed by atoms with Crippen molar-refractivity contribution in [1.29, 1.82) is 0 Å². The van der Waals surface area contributed by atoms with Gasteiger partial charge in [-0.2, -0.15) is 4.98 Å². The molecular formula is C16H15ClN6O3. The van der Waals surface area contributed by atoms with Gasteiger partial charge in [-0.05, 0) is 18.1 Å². The lowest BCUT2D eigenvalue weighted by Crippen LogP contribution is -2.18. The lowest BCUT2D eigenvalue weighted by Gasteiger charge is -2.19. The van der Waals surface area contributed by atoms with E-state index in [9.17, 15) is 10.1 Å². The van der Waals surface area contributed by atoms with Gasteiger partial charge in [0.15, 0.2) is 0 Å². The van der Waals surface area contributed by atoms with Gasteiger partial charge in [0.2, 0.25) is 11.7 Å². The zero-order valence-corrected chi connectivity index (χ0v) is 14.7. The van der Waals surface area contributed by atoms with E-state index < -0.39 is 4.92 Å². The highest BCUT2D eigenvalue weighted by molar-refractivity contribution is 6.33. The number of nitro groups is 1. The van der Waals surface area contributed by atoms with Crippen molar-refractivity contribution in [3.8, 4) is 11.4 Å².